The molecule has 11 heavy (non-hydrogen) atoms. The van der Waals surface area contributed by atoms with Crippen LogP contribution in [0.1, 0.15) is 13.3 Å². The minimum Gasteiger partial charge on any atom is -0.478 e. The zero-order valence-corrected chi connectivity index (χ0v) is 6.45. The number of rotatable bonds is 4. The number of carboxylic acids is 1. The third kappa shape index (κ3) is 4.52. The van der Waals surface area contributed by atoms with Crippen LogP contribution in [-0.2, 0) is 4.79 Å². The minimum atomic E-state index is -0.964. The monoisotopic (exact) mass is 159 g/mol. The predicted molar refractivity (Wildman–Crippen MR) is 41.1 cm³/mol. The number of hydrogen-bond donors (Lipinski definition) is 3. The molecule has 4 nitrogen and oxygen atoms in total. The summed E-state index contributed by atoms with van der Waals surface area (Å²) in [6, 6.07) is 0. The van der Waals surface area contributed by atoms with Crippen LogP contribution >= 0.6 is 0 Å². The number of aliphatic hydroxyl groups is 1. The van der Waals surface area contributed by atoms with Gasteiger partial charge in [-0.15, -0.1) is 0 Å². The molecule has 0 spiro atoms. The zero-order chi connectivity index (χ0) is 8.85. The van der Waals surface area contributed by atoms with E-state index in [2.05, 4.69) is 0 Å². The van der Waals surface area contributed by atoms with Crippen LogP contribution in [0.3, 0.4) is 0 Å². The lowest BCUT2D eigenvalue weighted by Gasteiger charge is -2.02. The van der Waals surface area contributed by atoms with E-state index in [0.717, 1.165) is 0 Å². The Morgan fingerprint density at radius 1 is 1.73 bits per heavy atom. The maximum absolute atomic E-state index is 10.2. The number of aliphatic hydroxyl groups excluding tert-OH is 1. The van der Waals surface area contributed by atoms with Crippen molar-refractivity contribution in [1.29, 1.82) is 0 Å². The van der Waals surface area contributed by atoms with Gasteiger partial charge in [0.2, 0.25) is 0 Å². The first-order chi connectivity index (χ1) is 5.07. The van der Waals surface area contributed by atoms with E-state index in [0.29, 0.717) is 6.42 Å². The Morgan fingerprint density at radius 2 is 2.27 bits per heavy atom. The lowest BCUT2D eigenvalue weighted by molar-refractivity contribution is -0.132. The van der Waals surface area contributed by atoms with Gasteiger partial charge in [0.15, 0.2) is 0 Å². The van der Waals surface area contributed by atoms with Crippen LogP contribution in [0.5, 0.6) is 0 Å². The van der Waals surface area contributed by atoms with Crippen LogP contribution in [0.4, 0.5) is 0 Å². The van der Waals surface area contributed by atoms with Gasteiger partial charge in [-0.2, -0.15) is 0 Å². The van der Waals surface area contributed by atoms with E-state index >= 15 is 0 Å². The van der Waals surface area contributed by atoms with Gasteiger partial charge in [-0.1, -0.05) is 6.08 Å². The third-order valence-corrected chi connectivity index (χ3v) is 1.31. The van der Waals surface area contributed by atoms with E-state index in [-0.39, 0.29) is 12.1 Å². The molecule has 0 saturated heterocycles. The second-order valence-corrected chi connectivity index (χ2v) is 2.32. The van der Waals surface area contributed by atoms with E-state index in [9.17, 15) is 4.79 Å². The first-order valence-electron chi connectivity index (χ1n) is 3.36. The van der Waals surface area contributed by atoms with Gasteiger partial charge >= 0.3 is 5.97 Å². The average molecular weight is 159 g/mol. The highest BCUT2D eigenvalue weighted by Gasteiger charge is 2.01. The highest BCUT2D eigenvalue weighted by molar-refractivity contribution is 5.85. The summed E-state index contributed by atoms with van der Waals surface area (Å²) in [5, 5.41) is 17.3. The molecule has 1 unspecified atom stereocenters. The van der Waals surface area contributed by atoms with Crippen LogP contribution in [0, 0.1) is 0 Å². The topological polar surface area (TPSA) is 83.5 Å². The van der Waals surface area contributed by atoms with E-state index in [1.54, 1.807) is 0 Å². The van der Waals surface area contributed by atoms with Gasteiger partial charge < -0.3 is 15.9 Å². The summed E-state index contributed by atoms with van der Waals surface area (Å²) < 4.78 is 0. The highest BCUT2D eigenvalue weighted by Crippen LogP contribution is 1.97. The first kappa shape index (κ1) is 10.1. The van der Waals surface area contributed by atoms with Gasteiger partial charge in [0, 0.05) is 12.1 Å². The normalized spacial score (nSPS) is 14.6. The fourth-order valence-electron chi connectivity index (χ4n) is 0.496. The molecule has 0 saturated carbocycles. The summed E-state index contributed by atoms with van der Waals surface area (Å²) in [4.78, 5) is 10.2. The first-order valence-corrected chi connectivity index (χ1v) is 3.36. The number of carbonyl (C=O) groups is 1. The van der Waals surface area contributed by atoms with E-state index in [4.69, 9.17) is 15.9 Å². The number of aliphatic carboxylic acids is 1. The molecular formula is C7H13NO3. The Morgan fingerprint density at radius 3 is 2.64 bits per heavy atom. The smallest absolute Gasteiger partial charge is 0.330 e. The maximum Gasteiger partial charge on any atom is 0.330 e. The minimum absolute atomic E-state index is 0.156. The van der Waals surface area contributed by atoms with Gasteiger partial charge in [-0.05, 0) is 13.3 Å². The van der Waals surface area contributed by atoms with Crippen molar-refractivity contribution in [3.8, 4) is 0 Å². The van der Waals surface area contributed by atoms with Crippen molar-refractivity contribution in [3.05, 3.63) is 11.6 Å². The van der Waals surface area contributed by atoms with Gasteiger partial charge in [0.25, 0.3) is 0 Å². The van der Waals surface area contributed by atoms with Crippen molar-refractivity contribution in [2.24, 2.45) is 5.73 Å². The molecule has 1 atom stereocenters. The van der Waals surface area contributed by atoms with Gasteiger partial charge in [-0.25, -0.2) is 4.79 Å². The largest absolute Gasteiger partial charge is 0.478 e. The second kappa shape index (κ2) is 4.87. The van der Waals surface area contributed by atoms with Crippen LogP contribution < -0.4 is 5.73 Å². The van der Waals surface area contributed by atoms with E-state index < -0.39 is 12.1 Å². The van der Waals surface area contributed by atoms with Crippen LogP contribution in [0.15, 0.2) is 11.6 Å². The van der Waals surface area contributed by atoms with Crippen LogP contribution in [-0.4, -0.2) is 28.8 Å². The Balaban J connectivity index is 3.82. The fraction of sp³-hybridized carbons (Fsp3) is 0.571. The molecule has 0 radical (unpaired) electrons. The quantitative estimate of drug-likeness (QED) is 0.493. The number of carboxylic acid groups (broad SMARTS) is 1. The van der Waals surface area contributed by atoms with Gasteiger partial charge in [-0.3, -0.25) is 0 Å². The fourth-order valence-corrected chi connectivity index (χ4v) is 0.496. The Hall–Kier alpha value is -0.870. The zero-order valence-electron chi connectivity index (χ0n) is 6.45. The molecule has 0 heterocycles. The van der Waals surface area contributed by atoms with Crippen molar-refractivity contribution >= 4 is 5.97 Å². The highest BCUT2D eigenvalue weighted by atomic mass is 16.4. The van der Waals surface area contributed by atoms with Crippen LogP contribution in [0.25, 0.3) is 0 Å². The molecule has 0 fully saturated rings. The molecule has 0 aliphatic carbocycles. The number of nitrogens with two attached hydrogens (primary N) is 1. The SMILES string of the molecule is C/C(=C\CC(O)CN)C(=O)O. The summed E-state index contributed by atoms with van der Waals surface area (Å²) in [6.45, 7) is 1.63. The molecule has 0 aliphatic heterocycles. The Labute approximate surface area is 65.3 Å². The van der Waals surface area contributed by atoms with E-state index in [1.165, 1.54) is 13.0 Å². The molecule has 4 N–H and O–H groups in total. The predicted octanol–water partition coefficient (Wildman–Crippen LogP) is -0.273. The molecule has 0 aromatic heterocycles. The third-order valence-electron chi connectivity index (χ3n) is 1.31. The van der Waals surface area contributed by atoms with Crippen molar-refractivity contribution in [2.75, 3.05) is 6.54 Å². The summed E-state index contributed by atoms with van der Waals surface area (Å²) in [5.41, 5.74) is 5.34. The Kier molecular flexibility index (Phi) is 4.49. The van der Waals surface area contributed by atoms with Crippen molar-refractivity contribution in [3.63, 3.8) is 0 Å². The summed E-state index contributed by atoms with van der Waals surface area (Å²) in [5.74, 6) is -0.964. The van der Waals surface area contributed by atoms with Crippen molar-refractivity contribution in [1.82, 2.24) is 0 Å². The van der Waals surface area contributed by atoms with Crippen LogP contribution in [0.2, 0.25) is 0 Å². The average Bonchev–Trinajstić information content (AvgIpc) is 1.99. The molecule has 64 valence electrons. The summed E-state index contributed by atoms with van der Waals surface area (Å²) in [6.07, 6.45) is 1.12. The molecule has 0 amide bonds. The lowest BCUT2D eigenvalue weighted by Crippen LogP contribution is -2.18. The van der Waals surface area contributed by atoms with E-state index in [1.807, 2.05) is 0 Å². The molecule has 0 bridgehead atoms. The number of hydrogen-bond acceptors (Lipinski definition) is 3. The molecule has 0 aromatic rings. The second-order valence-electron chi connectivity index (χ2n) is 2.32. The lowest BCUT2D eigenvalue weighted by atomic mass is 10.2. The summed E-state index contributed by atoms with van der Waals surface area (Å²) in [7, 11) is 0. The molecule has 0 aromatic carbocycles. The van der Waals surface area contributed by atoms with Gasteiger partial charge in [0.1, 0.15) is 0 Å². The maximum atomic E-state index is 10.2. The van der Waals surface area contributed by atoms with Crippen molar-refractivity contribution in [2.45, 2.75) is 19.4 Å². The van der Waals surface area contributed by atoms with Gasteiger partial charge in [0.05, 0.1) is 6.10 Å². The standard InChI is InChI=1S/C7H13NO3/c1-5(7(10)11)2-3-6(9)4-8/h2,6,9H,3-4,8H2,1H3,(H,10,11)/b5-2+. The molecule has 0 aliphatic rings. The van der Waals surface area contributed by atoms with Crippen molar-refractivity contribution < 1.29 is 15.0 Å². The molecule has 4 heteroatoms. The Bertz CT molecular complexity index is 165. The molecule has 0 rings (SSSR count). The molecular weight excluding hydrogens is 146 g/mol. The summed E-state index contributed by atoms with van der Waals surface area (Å²) >= 11 is 0.